The number of nitrogens with one attached hydrogen (secondary N) is 1. The van der Waals surface area contributed by atoms with Crippen LogP contribution in [0.1, 0.15) is 63.5 Å². The van der Waals surface area contributed by atoms with E-state index in [1.54, 1.807) is 0 Å². The highest BCUT2D eigenvalue weighted by Gasteiger charge is 2.09. The molecule has 0 aliphatic heterocycles. The predicted octanol–water partition coefficient (Wildman–Crippen LogP) is 3.90. The molecule has 0 spiro atoms. The summed E-state index contributed by atoms with van der Waals surface area (Å²) >= 11 is 0. The maximum Gasteiger partial charge on any atom is 0.132 e. The number of hydrogen-bond acceptors (Lipinski definition) is 3. The Bertz CT molecular complexity index is 332. The van der Waals surface area contributed by atoms with Crippen molar-refractivity contribution in [1.82, 2.24) is 9.97 Å². The van der Waals surface area contributed by atoms with Gasteiger partial charge in [-0.15, -0.1) is 0 Å². The first-order chi connectivity index (χ1) is 8.72. The van der Waals surface area contributed by atoms with Crippen molar-refractivity contribution < 1.29 is 0 Å². The molecule has 1 rings (SSSR count). The van der Waals surface area contributed by atoms with Crippen molar-refractivity contribution in [2.24, 2.45) is 0 Å². The third kappa shape index (κ3) is 4.28. The Morgan fingerprint density at radius 1 is 0.944 bits per heavy atom. The van der Waals surface area contributed by atoms with Gasteiger partial charge in [0.1, 0.15) is 11.6 Å². The number of aryl methyl sites for hydroxylation is 2. The Hall–Kier alpha value is -1.12. The van der Waals surface area contributed by atoms with Gasteiger partial charge in [0, 0.05) is 24.2 Å². The van der Waals surface area contributed by atoms with Crippen LogP contribution in [0.5, 0.6) is 0 Å². The van der Waals surface area contributed by atoms with Crippen LogP contribution in [-0.2, 0) is 12.8 Å². The van der Waals surface area contributed by atoms with Gasteiger partial charge in [-0.05, 0) is 32.6 Å². The summed E-state index contributed by atoms with van der Waals surface area (Å²) in [4.78, 5) is 9.36. The van der Waals surface area contributed by atoms with Gasteiger partial charge in [0.25, 0.3) is 0 Å². The summed E-state index contributed by atoms with van der Waals surface area (Å²) in [6.07, 6.45) is 6.68. The highest BCUT2D eigenvalue weighted by Crippen LogP contribution is 2.18. The molecule has 1 heterocycles. The standard InChI is InChI=1S/C15H27N3/c1-5-8-10-13-12(4)15(16-11-7-3)18-14(17-13)9-6-2/h5-11H2,1-4H3,(H,16,17,18). The van der Waals surface area contributed by atoms with E-state index in [0.717, 1.165) is 43.9 Å². The normalized spacial score (nSPS) is 10.7. The van der Waals surface area contributed by atoms with Crippen LogP contribution in [0.25, 0.3) is 0 Å². The molecule has 0 fully saturated rings. The van der Waals surface area contributed by atoms with E-state index in [2.05, 4.69) is 38.0 Å². The molecular weight excluding hydrogens is 222 g/mol. The molecule has 0 radical (unpaired) electrons. The summed E-state index contributed by atoms with van der Waals surface area (Å²) in [5.74, 6) is 2.04. The van der Waals surface area contributed by atoms with E-state index in [0.29, 0.717) is 0 Å². The molecule has 0 aliphatic carbocycles. The molecule has 1 aromatic rings. The number of anilines is 1. The lowest BCUT2D eigenvalue weighted by Gasteiger charge is -2.13. The van der Waals surface area contributed by atoms with Crippen LogP contribution in [-0.4, -0.2) is 16.5 Å². The SMILES string of the molecule is CCCCc1nc(CCC)nc(NCCC)c1C. The molecule has 1 aromatic heterocycles. The fraction of sp³-hybridized carbons (Fsp3) is 0.733. The van der Waals surface area contributed by atoms with E-state index in [9.17, 15) is 0 Å². The zero-order valence-corrected chi connectivity index (χ0v) is 12.3. The second-order valence-electron chi connectivity index (χ2n) is 4.84. The van der Waals surface area contributed by atoms with Gasteiger partial charge in [-0.25, -0.2) is 9.97 Å². The first kappa shape index (κ1) is 14.9. The molecule has 0 aromatic carbocycles. The Kier molecular flexibility index (Phi) is 6.69. The van der Waals surface area contributed by atoms with E-state index in [-0.39, 0.29) is 0 Å². The lowest BCUT2D eigenvalue weighted by atomic mass is 10.1. The van der Waals surface area contributed by atoms with Gasteiger partial charge in [-0.2, -0.15) is 0 Å². The van der Waals surface area contributed by atoms with E-state index >= 15 is 0 Å². The average molecular weight is 249 g/mol. The third-order valence-electron chi connectivity index (χ3n) is 3.08. The minimum atomic E-state index is 0.972. The molecule has 0 saturated heterocycles. The quantitative estimate of drug-likeness (QED) is 0.759. The summed E-state index contributed by atoms with van der Waals surface area (Å²) in [5, 5.41) is 3.43. The molecule has 0 amide bonds. The molecular formula is C15H27N3. The zero-order valence-electron chi connectivity index (χ0n) is 12.3. The Morgan fingerprint density at radius 3 is 2.33 bits per heavy atom. The van der Waals surface area contributed by atoms with E-state index in [4.69, 9.17) is 4.98 Å². The van der Waals surface area contributed by atoms with Crippen LogP contribution < -0.4 is 5.32 Å². The first-order valence-corrected chi connectivity index (χ1v) is 7.33. The molecule has 0 unspecified atom stereocenters. The third-order valence-corrected chi connectivity index (χ3v) is 3.08. The lowest BCUT2D eigenvalue weighted by molar-refractivity contribution is 0.743. The molecule has 18 heavy (non-hydrogen) atoms. The van der Waals surface area contributed by atoms with Crippen molar-refractivity contribution in [2.75, 3.05) is 11.9 Å². The van der Waals surface area contributed by atoms with Crippen molar-refractivity contribution >= 4 is 5.82 Å². The largest absolute Gasteiger partial charge is 0.370 e. The van der Waals surface area contributed by atoms with Gasteiger partial charge >= 0.3 is 0 Å². The van der Waals surface area contributed by atoms with Gasteiger partial charge < -0.3 is 5.32 Å². The second kappa shape index (κ2) is 8.06. The van der Waals surface area contributed by atoms with E-state index < -0.39 is 0 Å². The van der Waals surface area contributed by atoms with Gasteiger partial charge in [0.2, 0.25) is 0 Å². The molecule has 0 aliphatic rings. The minimum Gasteiger partial charge on any atom is -0.370 e. The molecule has 3 heteroatoms. The number of nitrogens with zero attached hydrogens (tertiary/aromatic N) is 2. The molecule has 3 nitrogen and oxygen atoms in total. The molecule has 0 saturated carbocycles. The van der Waals surface area contributed by atoms with Crippen molar-refractivity contribution in [3.63, 3.8) is 0 Å². The zero-order chi connectivity index (χ0) is 13.4. The molecule has 0 bridgehead atoms. The van der Waals surface area contributed by atoms with Crippen molar-refractivity contribution in [3.05, 3.63) is 17.1 Å². The maximum atomic E-state index is 4.72. The summed E-state index contributed by atoms with van der Waals surface area (Å²) in [5.41, 5.74) is 2.46. The number of rotatable bonds is 8. The lowest BCUT2D eigenvalue weighted by Crippen LogP contribution is -2.10. The monoisotopic (exact) mass is 249 g/mol. The number of hydrogen-bond donors (Lipinski definition) is 1. The summed E-state index contributed by atoms with van der Waals surface area (Å²) in [6.45, 7) is 9.69. The van der Waals surface area contributed by atoms with Crippen molar-refractivity contribution in [2.45, 2.75) is 66.2 Å². The van der Waals surface area contributed by atoms with E-state index in [1.807, 2.05) is 0 Å². The van der Waals surface area contributed by atoms with Crippen LogP contribution in [0.4, 0.5) is 5.82 Å². The first-order valence-electron chi connectivity index (χ1n) is 7.33. The minimum absolute atomic E-state index is 0.972. The predicted molar refractivity (Wildman–Crippen MR) is 78.2 cm³/mol. The average Bonchev–Trinajstić information content (AvgIpc) is 2.37. The number of aromatic nitrogens is 2. The fourth-order valence-corrected chi connectivity index (χ4v) is 1.95. The highest BCUT2D eigenvalue weighted by molar-refractivity contribution is 5.45. The molecule has 102 valence electrons. The van der Waals surface area contributed by atoms with Crippen LogP contribution in [0, 0.1) is 6.92 Å². The summed E-state index contributed by atoms with van der Waals surface area (Å²) in [6, 6.07) is 0. The summed E-state index contributed by atoms with van der Waals surface area (Å²) in [7, 11) is 0. The Morgan fingerprint density at radius 2 is 1.72 bits per heavy atom. The van der Waals surface area contributed by atoms with Crippen LogP contribution in [0.3, 0.4) is 0 Å². The Balaban J connectivity index is 2.95. The van der Waals surface area contributed by atoms with Gasteiger partial charge in [-0.1, -0.05) is 27.2 Å². The highest BCUT2D eigenvalue weighted by atomic mass is 15.0. The van der Waals surface area contributed by atoms with Crippen LogP contribution in [0.15, 0.2) is 0 Å². The van der Waals surface area contributed by atoms with Crippen LogP contribution in [0.2, 0.25) is 0 Å². The van der Waals surface area contributed by atoms with Crippen molar-refractivity contribution in [3.8, 4) is 0 Å². The molecule has 1 N–H and O–H groups in total. The van der Waals surface area contributed by atoms with Gasteiger partial charge in [0.05, 0.1) is 0 Å². The fourth-order valence-electron chi connectivity index (χ4n) is 1.95. The summed E-state index contributed by atoms with van der Waals surface area (Å²) < 4.78 is 0. The van der Waals surface area contributed by atoms with Crippen molar-refractivity contribution in [1.29, 1.82) is 0 Å². The van der Waals surface area contributed by atoms with Crippen LogP contribution >= 0.6 is 0 Å². The maximum absolute atomic E-state index is 4.72. The smallest absolute Gasteiger partial charge is 0.132 e. The second-order valence-corrected chi connectivity index (χ2v) is 4.84. The Labute approximate surface area is 111 Å². The molecule has 0 atom stereocenters. The van der Waals surface area contributed by atoms with Gasteiger partial charge in [0.15, 0.2) is 0 Å². The van der Waals surface area contributed by atoms with E-state index in [1.165, 1.54) is 24.1 Å². The number of unbranched alkanes of at least 4 members (excludes halogenated alkanes) is 1. The topological polar surface area (TPSA) is 37.8 Å². The van der Waals surface area contributed by atoms with Gasteiger partial charge in [-0.3, -0.25) is 0 Å².